The van der Waals surface area contributed by atoms with Crippen molar-refractivity contribution in [2.24, 2.45) is 28.6 Å². The molecule has 0 aromatic heterocycles. The quantitative estimate of drug-likeness (QED) is 0.719. The Hall–Kier alpha value is -2.37. The molecule has 0 spiro atoms. The van der Waals surface area contributed by atoms with Gasteiger partial charge in [0.2, 0.25) is 0 Å². The lowest BCUT2D eigenvalue weighted by atomic mass is 9.46. The number of aliphatic carboxylic acids is 1. The highest BCUT2D eigenvalue weighted by Gasteiger charge is 2.60. The van der Waals surface area contributed by atoms with Crippen molar-refractivity contribution in [3.8, 4) is 0 Å². The second-order valence-electron chi connectivity index (χ2n) is 9.61. The van der Waals surface area contributed by atoms with E-state index in [0.717, 1.165) is 12.8 Å². The van der Waals surface area contributed by atoms with Crippen LogP contribution >= 0.6 is 0 Å². The third kappa shape index (κ3) is 4.09. The Morgan fingerprint density at radius 1 is 1.07 bits per heavy atom. The summed E-state index contributed by atoms with van der Waals surface area (Å²) in [5.74, 6) is -2.19. The van der Waals surface area contributed by atoms with Gasteiger partial charge in [0.15, 0.2) is 0 Å². The van der Waals surface area contributed by atoms with Gasteiger partial charge in [0.25, 0.3) is 0 Å². The van der Waals surface area contributed by atoms with Gasteiger partial charge in [-0.3, -0.25) is 9.59 Å². The van der Waals surface area contributed by atoms with Crippen molar-refractivity contribution in [1.82, 2.24) is 0 Å². The third-order valence-corrected chi connectivity index (χ3v) is 7.61. The van der Waals surface area contributed by atoms with Gasteiger partial charge in [0.1, 0.15) is 6.10 Å². The molecule has 0 bridgehead atoms. The molecule has 3 rings (SSSR count). The average Bonchev–Trinajstić information content (AvgIpc) is 2.68. The number of rotatable bonds is 5. The standard InChI is InChI=1S/C24H32O6/c1-15(25)29-14-18-17(21(26)27)10-11-19-23(2,3)20(12-13-24(18,19)4)30-22(28)16-8-6-5-7-9-16/h5-9,17-20H,10-14H2,1-4H3,(H,26,27)/t17-,18-,19-,20-,24+/m0/s1. The van der Waals surface area contributed by atoms with Gasteiger partial charge in [-0.1, -0.05) is 39.0 Å². The summed E-state index contributed by atoms with van der Waals surface area (Å²) in [7, 11) is 0. The molecule has 0 amide bonds. The van der Waals surface area contributed by atoms with Crippen LogP contribution in [0.4, 0.5) is 0 Å². The molecule has 164 valence electrons. The highest BCUT2D eigenvalue weighted by Crippen LogP contribution is 2.61. The number of carbonyl (C=O) groups excluding carboxylic acids is 2. The van der Waals surface area contributed by atoms with Crippen LogP contribution in [0.5, 0.6) is 0 Å². The average molecular weight is 417 g/mol. The molecule has 0 unspecified atom stereocenters. The number of esters is 2. The van der Waals surface area contributed by atoms with E-state index in [4.69, 9.17) is 9.47 Å². The number of carboxylic acids is 1. The fourth-order valence-electron chi connectivity index (χ4n) is 6.01. The van der Waals surface area contributed by atoms with Gasteiger partial charge < -0.3 is 14.6 Å². The molecule has 1 N–H and O–H groups in total. The minimum Gasteiger partial charge on any atom is -0.481 e. The predicted octanol–water partition coefficient (Wildman–Crippen LogP) is 4.33. The lowest BCUT2D eigenvalue weighted by Gasteiger charge is -2.60. The Morgan fingerprint density at radius 2 is 1.73 bits per heavy atom. The molecule has 0 heterocycles. The molecular weight excluding hydrogens is 384 g/mol. The van der Waals surface area contributed by atoms with E-state index in [-0.39, 0.29) is 41.3 Å². The number of carbonyl (C=O) groups is 3. The first-order valence-electron chi connectivity index (χ1n) is 10.7. The van der Waals surface area contributed by atoms with Gasteiger partial charge in [-0.15, -0.1) is 0 Å². The fourth-order valence-corrected chi connectivity index (χ4v) is 6.01. The molecule has 0 radical (unpaired) electrons. The van der Waals surface area contributed by atoms with Crippen molar-refractivity contribution < 1.29 is 29.0 Å². The molecule has 5 atom stereocenters. The van der Waals surface area contributed by atoms with Crippen LogP contribution in [0.2, 0.25) is 0 Å². The number of fused-ring (bicyclic) bond motifs is 1. The van der Waals surface area contributed by atoms with Crippen molar-refractivity contribution in [3.05, 3.63) is 35.9 Å². The van der Waals surface area contributed by atoms with Crippen LogP contribution in [0, 0.1) is 28.6 Å². The number of hydrogen-bond donors (Lipinski definition) is 1. The summed E-state index contributed by atoms with van der Waals surface area (Å²) in [6, 6.07) is 8.97. The molecule has 0 aliphatic heterocycles. The van der Waals surface area contributed by atoms with E-state index in [9.17, 15) is 19.5 Å². The smallest absolute Gasteiger partial charge is 0.338 e. The Labute approximate surface area is 177 Å². The molecule has 2 aliphatic carbocycles. The molecule has 30 heavy (non-hydrogen) atoms. The highest BCUT2D eigenvalue weighted by atomic mass is 16.5. The van der Waals surface area contributed by atoms with Crippen LogP contribution in [-0.4, -0.2) is 35.7 Å². The predicted molar refractivity (Wildman–Crippen MR) is 111 cm³/mol. The van der Waals surface area contributed by atoms with Crippen LogP contribution in [0.1, 0.15) is 63.7 Å². The van der Waals surface area contributed by atoms with E-state index >= 15 is 0 Å². The number of benzene rings is 1. The summed E-state index contributed by atoms with van der Waals surface area (Å²) in [6.07, 6.45) is 2.41. The molecular formula is C24H32O6. The lowest BCUT2D eigenvalue weighted by Crippen LogP contribution is -2.58. The molecule has 6 nitrogen and oxygen atoms in total. The van der Waals surface area contributed by atoms with Crippen molar-refractivity contribution in [2.75, 3.05) is 6.61 Å². The fraction of sp³-hybridized carbons (Fsp3) is 0.625. The summed E-state index contributed by atoms with van der Waals surface area (Å²) in [5.41, 5.74) is -0.102. The first-order chi connectivity index (χ1) is 14.1. The zero-order valence-corrected chi connectivity index (χ0v) is 18.2. The van der Waals surface area contributed by atoms with Crippen LogP contribution in [-0.2, 0) is 19.1 Å². The van der Waals surface area contributed by atoms with Gasteiger partial charge in [-0.25, -0.2) is 4.79 Å². The van der Waals surface area contributed by atoms with E-state index in [2.05, 4.69) is 20.8 Å². The Bertz CT molecular complexity index is 801. The molecule has 2 aliphatic rings. The maximum Gasteiger partial charge on any atom is 0.338 e. The van der Waals surface area contributed by atoms with Crippen LogP contribution in [0.15, 0.2) is 30.3 Å². The van der Waals surface area contributed by atoms with Gasteiger partial charge in [0.05, 0.1) is 18.1 Å². The van der Waals surface area contributed by atoms with E-state index in [1.807, 2.05) is 18.2 Å². The van der Waals surface area contributed by atoms with Crippen molar-refractivity contribution in [2.45, 2.75) is 59.5 Å². The maximum absolute atomic E-state index is 12.7. The molecule has 2 saturated carbocycles. The minimum atomic E-state index is -0.831. The van der Waals surface area contributed by atoms with Gasteiger partial charge in [-0.2, -0.15) is 0 Å². The molecule has 1 aromatic carbocycles. The topological polar surface area (TPSA) is 89.9 Å². The maximum atomic E-state index is 12.7. The highest BCUT2D eigenvalue weighted by molar-refractivity contribution is 5.89. The summed E-state index contributed by atoms with van der Waals surface area (Å²) in [5, 5.41) is 9.80. The summed E-state index contributed by atoms with van der Waals surface area (Å²) in [4.78, 5) is 36.0. The van der Waals surface area contributed by atoms with Crippen molar-refractivity contribution >= 4 is 17.9 Å². The molecule has 6 heteroatoms. The second-order valence-corrected chi connectivity index (χ2v) is 9.61. The zero-order chi connectivity index (χ0) is 22.1. The van der Waals surface area contributed by atoms with Gasteiger partial charge in [0, 0.05) is 18.3 Å². The van der Waals surface area contributed by atoms with Crippen molar-refractivity contribution in [3.63, 3.8) is 0 Å². The number of ether oxygens (including phenoxy) is 2. The van der Waals surface area contributed by atoms with E-state index in [1.165, 1.54) is 6.92 Å². The van der Waals surface area contributed by atoms with E-state index < -0.39 is 17.9 Å². The summed E-state index contributed by atoms with van der Waals surface area (Å²) in [6.45, 7) is 7.81. The molecule has 0 saturated heterocycles. The zero-order valence-electron chi connectivity index (χ0n) is 18.2. The van der Waals surface area contributed by atoms with Crippen molar-refractivity contribution in [1.29, 1.82) is 0 Å². The van der Waals surface area contributed by atoms with Gasteiger partial charge in [-0.05, 0) is 49.1 Å². The number of carboxylic acid groups (broad SMARTS) is 1. The normalized spacial score (nSPS) is 32.5. The first-order valence-corrected chi connectivity index (χ1v) is 10.7. The SMILES string of the molecule is CC(=O)OC[C@H]1[C@@H](C(=O)O)CC[C@H]2C(C)(C)[C@@H](OC(=O)c3ccccc3)CC[C@]12C. The third-order valence-electron chi connectivity index (χ3n) is 7.61. The summed E-state index contributed by atoms with van der Waals surface area (Å²) >= 11 is 0. The largest absolute Gasteiger partial charge is 0.481 e. The molecule has 2 fully saturated rings. The second kappa shape index (κ2) is 8.40. The van der Waals surface area contributed by atoms with Crippen LogP contribution in [0.25, 0.3) is 0 Å². The minimum absolute atomic E-state index is 0.115. The van der Waals surface area contributed by atoms with E-state index in [1.54, 1.807) is 12.1 Å². The first kappa shape index (κ1) is 22.3. The Kier molecular flexibility index (Phi) is 6.25. The monoisotopic (exact) mass is 416 g/mol. The number of hydrogen-bond acceptors (Lipinski definition) is 5. The van der Waals surface area contributed by atoms with E-state index in [0.29, 0.717) is 18.4 Å². The Balaban J connectivity index is 1.84. The van der Waals surface area contributed by atoms with Gasteiger partial charge >= 0.3 is 17.9 Å². The van der Waals surface area contributed by atoms with Crippen LogP contribution < -0.4 is 0 Å². The Morgan fingerprint density at radius 3 is 2.33 bits per heavy atom. The van der Waals surface area contributed by atoms with Crippen LogP contribution in [0.3, 0.4) is 0 Å². The lowest BCUT2D eigenvalue weighted by molar-refractivity contribution is -0.182. The molecule has 1 aromatic rings. The summed E-state index contributed by atoms with van der Waals surface area (Å²) < 4.78 is 11.3.